The number of anilines is 1. The van der Waals surface area contributed by atoms with Gasteiger partial charge in [0.2, 0.25) is 11.8 Å². The molecule has 7 heteroatoms. The van der Waals surface area contributed by atoms with Crippen molar-refractivity contribution >= 4 is 28.3 Å². The summed E-state index contributed by atoms with van der Waals surface area (Å²) in [6.45, 7) is 3.43. The summed E-state index contributed by atoms with van der Waals surface area (Å²) in [6.07, 6.45) is 4.14. The molecule has 144 valence electrons. The number of ether oxygens (including phenoxy) is 1. The van der Waals surface area contributed by atoms with Crippen molar-refractivity contribution in [1.82, 2.24) is 10.3 Å². The predicted octanol–water partition coefficient (Wildman–Crippen LogP) is 3.76. The van der Waals surface area contributed by atoms with E-state index in [1.807, 2.05) is 31.2 Å². The molecule has 1 atom stereocenters. The van der Waals surface area contributed by atoms with Gasteiger partial charge >= 0.3 is 0 Å². The van der Waals surface area contributed by atoms with E-state index in [1.54, 1.807) is 7.11 Å². The van der Waals surface area contributed by atoms with Crippen LogP contribution in [0.5, 0.6) is 5.75 Å². The Balaban J connectivity index is 1.75. The maximum atomic E-state index is 12.8. The second-order valence-electron chi connectivity index (χ2n) is 6.86. The first kappa shape index (κ1) is 19.4. The van der Waals surface area contributed by atoms with Crippen LogP contribution in [0, 0.1) is 12.8 Å². The number of benzene rings is 1. The van der Waals surface area contributed by atoms with Crippen LogP contribution in [-0.4, -0.2) is 29.9 Å². The Labute approximate surface area is 163 Å². The lowest BCUT2D eigenvalue weighted by atomic mass is 9.97. The normalized spacial score (nSPS) is 15.4. The first-order valence-corrected chi connectivity index (χ1v) is 9.99. The maximum Gasteiger partial charge on any atom is 0.249 e. The van der Waals surface area contributed by atoms with E-state index in [2.05, 4.69) is 15.6 Å². The van der Waals surface area contributed by atoms with E-state index >= 15 is 0 Å². The molecule has 1 saturated carbocycles. The Morgan fingerprint density at radius 1 is 1.22 bits per heavy atom. The fourth-order valence-corrected chi connectivity index (χ4v) is 4.40. The Bertz CT molecular complexity index is 810. The van der Waals surface area contributed by atoms with Gasteiger partial charge in [0.1, 0.15) is 11.8 Å². The second kappa shape index (κ2) is 8.52. The molecule has 27 heavy (non-hydrogen) atoms. The van der Waals surface area contributed by atoms with Crippen LogP contribution in [0.4, 0.5) is 5.13 Å². The van der Waals surface area contributed by atoms with Crippen molar-refractivity contribution in [3.8, 4) is 17.0 Å². The van der Waals surface area contributed by atoms with Gasteiger partial charge in [-0.25, -0.2) is 4.98 Å². The minimum Gasteiger partial charge on any atom is -0.497 e. The molecular weight excluding hydrogens is 362 g/mol. The minimum absolute atomic E-state index is 0.184. The van der Waals surface area contributed by atoms with Crippen molar-refractivity contribution < 1.29 is 14.3 Å². The van der Waals surface area contributed by atoms with E-state index < -0.39 is 6.04 Å². The van der Waals surface area contributed by atoms with Gasteiger partial charge in [-0.15, -0.1) is 11.3 Å². The summed E-state index contributed by atoms with van der Waals surface area (Å²) in [6, 6.07) is 7.17. The molecule has 0 radical (unpaired) electrons. The monoisotopic (exact) mass is 387 g/mol. The molecule has 2 aromatic rings. The summed E-state index contributed by atoms with van der Waals surface area (Å²) in [7, 11) is 1.63. The van der Waals surface area contributed by atoms with Gasteiger partial charge in [0.15, 0.2) is 5.13 Å². The van der Waals surface area contributed by atoms with E-state index in [0.29, 0.717) is 5.13 Å². The number of nitrogens with zero attached hydrogens (tertiary/aromatic N) is 1. The molecule has 0 aliphatic heterocycles. The van der Waals surface area contributed by atoms with Crippen molar-refractivity contribution in [2.75, 3.05) is 12.4 Å². The zero-order chi connectivity index (χ0) is 19.4. The summed E-state index contributed by atoms with van der Waals surface area (Å²) >= 11 is 1.44. The smallest absolute Gasteiger partial charge is 0.249 e. The summed E-state index contributed by atoms with van der Waals surface area (Å²) in [5, 5.41) is 6.28. The van der Waals surface area contributed by atoms with Crippen molar-refractivity contribution in [3.05, 3.63) is 29.1 Å². The topological polar surface area (TPSA) is 80.3 Å². The molecule has 3 rings (SSSR count). The molecule has 0 bridgehead atoms. The van der Waals surface area contributed by atoms with Crippen molar-refractivity contribution in [3.63, 3.8) is 0 Å². The molecule has 0 unspecified atom stereocenters. The Hall–Kier alpha value is -2.41. The molecule has 0 spiro atoms. The number of amides is 2. The molecular formula is C20H25N3O3S. The molecule has 1 aromatic heterocycles. The predicted molar refractivity (Wildman–Crippen MR) is 107 cm³/mol. The van der Waals surface area contributed by atoms with E-state index in [1.165, 1.54) is 18.3 Å². The molecule has 2 N–H and O–H groups in total. The van der Waals surface area contributed by atoms with Gasteiger partial charge < -0.3 is 15.4 Å². The molecule has 2 amide bonds. The number of aromatic nitrogens is 1. The van der Waals surface area contributed by atoms with Gasteiger partial charge in [-0.1, -0.05) is 12.8 Å². The first-order valence-electron chi connectivity index (χ1n) is 9.17. The number of hydrogen-bond acceptors (Lipinski definition) is 5. The molecule has 1 aliphatic carbocycles. The third-order valence-electron chi connectivity index (χ3n) is 4.90. The fourth-order valence-electron chi connectivity index (χ4n) is 3.56. The van der Waals surface area contributed by atoms with Gasteiger partial charge in [0.05, 0.1) is 12.8 Å². The Kier molecular flexibility index (Phi) is 6.11. The van der Waals surface area contributed by atoms with Crippen molar-refractivity contribution in [2.24, 2.45) is 5.92 Å². The lowest BCUT2D eigenvalue weighted by Crippen LogP contribution is -2.47. The summed E-state index contributed by atoms with van der Waals surface area (Å²) < 4.78 is 5.19. The second-order valence-corrected chi connectivity index (χ2v) is 8.07. The standard InChI is InChI=1S/C20H25N3O3S/c1-12-17(15-8-10-16(26-3)11-9-15)22-20(27-12)23-19(25)18(21-13(2)24)14-6-4-5-7-14/h8-11,14,18H,4-7H2,1-3H3,(H,21,24)(H,22,23,25)/t18-/m0/s1. The van der Waals surface area contributed by atoms with Gasteiger partial charge in [-0.3, -0.25) is 9.59 Å². The zero-order valence-corrected chi connectivity index (χ0v) is 16.7. The largest absolute Gasteiger partial charge is 0.497 e. The highest BCUT2D eigenvalue weighted by Gasteiger charge is 2.31. The van der Waals surface area contributed by atoms with Crippen LogP contribution in [-0.2, 0) is 9.59 Å². The molecule has 6 nitrogen and oxygen atoms in total. The minimum atomic E-state index is -0.501. The van der Waals surface area contributed by atoms with Crippen LogP contribution < -0.4 is 15.4 Å². The number of hydrogen-bond donors (Lipinski definition) is 2. The molecule has 1 aromatic carbocycles. The highest BCUT2D eigenvalue weighted by Crippen LogP contribution is 2.32. The van der Waals surface area contributed by atoms with Gasteiger partial charge in [-0.05, 0) is 49.9 Å². The molecule has 1 aliphatic rings. The van der Waals surface area contributed by atoms with Gasteiger partial charge in [0, 0.05) is 17.4 Å². The maximum absolute atomic E-state index is 12.8. The molecule has 0 saturated heterocycles. The van der Waals surface area contributed by atoms with Crippen LogP contribution in [0.1, 0.15) is 37.5 Å². The van der Waals surface area contributed by atoms with E-state index in [9.17, 15) is 9.59 Å². The Morgan fingerprint density at radius 3 is 2.48 bits per heavy atom. The number of methoxy groups -OCH3 is 1. The third-order valence-corrected chi connectivity index (χ3v) is 5.79. The van der Waals surface area contributed by atoms with Gasteiger partial charge in [0.25, 0.3) is 0 Å². The fraction of sp³-hybridized carbons (Fsp3) is 0.450. The summed E-state index contributed by atoms with van der Waals surface area (Å²) in [4.78, 5) is 30.0. The number of nitrogens with one attached hydrogen (secondary N) is 2. The zero-order valence-electron chi connectivity index (χ0n) is 15.9. The SMILES string of the molecule is COc1ccc(-c2nc(NC(=O)[C@@H](NC(C)=O)C3CCCC3)sc2C)cc1. The summed E-state index contributed by atoms with van der Waals surface area (Å²) in [5.74, 6) is 0.606. The highest BCUT2D eigenvalue weighted by atomic mass is 32.1. The number of rotatable bonds is 6. The van der Waals surface area contributed by atoms with E-state index in [0.717, 1.165) is 47.6 Å². The van der Waals surface area contributed by atoms with Crippen LogP contribution in [0.3, 0.4) is 0 Å². The average molecular weight is 388 g/mol. The van der Waals surface area contributed by atoms with E-state index in [4.69, 9.17) is 4.74 Å². The number of carbonyl (C=O) groups excluding carboxylic acids is 2. The van der Waals surface area contributed by atoms with Crippen LogP contribution in [0.2, 0.25) is 0 Å². The first-order chi connectivity index (χ1) is 13.0. The van der Waals surface area contributed by atoms with Crippen molar-refractivity contribution in [1.29, 1.82) is 0 Å². The van der Waals surface area contributed by atoms with Gasteiger partial charge in [-0.2, -0.15) is 0 Å². The van der Waals surface area contributed by atoms with E-state index in [-0.39, 0.29) is 17.7 Å². The quantitative estimate of drug-likeness (QED) is 0.791. The highest BCUT2D eigenvalue weighted by molar-refractivity contribution is 7.16. The lowest BCUT2D eigenvalue weighted by Gasteiger charge is -2.22. The number of carbonyl (C=O) groups is 2. The third kappa shape index (κ3) is 4.66. The van der Waals surface area contributed by atoms with Crippen molar-refractivity contribution in [2.45, 2.75) is 45.6 Å². The van der Waals surface area contributed by atoms with Crippen LogP contribution >= 0.6 is 11.3 Å². The Morgan fingerprint density at radius 2 is 1.89 bits per heavy atom. The van der Waals surface area contributed by atoms with Crippen LogP contribution in [0.25, 0.3) is 11.3 Å². The average Bonchev–Trinajstić information content (AvgIpc) is 3.29. The summed E-state index contributed by atoms with van der Waals surface area (Å²) in [5.41, 5.74) is 1.81. The number of aryl methyl sites for hydroxylation is 1. The molecule has 1 heterocycles. The van der Waals surface area contributed by atoms with Crippen LogP contribution in [0.15, 0.2) is 24.3 Å². The molecule has 1 fully saturated rings. The number of thiazole rings is 1. The lowest BCUT2D eigenvalue weighted by molar-refractivity contribution is -0.126.